The summed E-state index contributed by atoms with van der Waals surface area (Å²) in [5.74, 6) is -1.01. The molecule has 0 unspecified atom stereocenters. The fourth-order valence-electron chi connectivity index (χ4n) is 2.88. The van der Waals surface area contributed by atoms with Crippen LogP contribution in [0.2, 0.25) is 0 Å². The first-order valence-corrected chi connectivity index (χ1v) is 9.44. The first kappa shape index (κ1) is 20.9. The van der Waals surface area contributed by atoms with Gasteiger partial charge >= 0.3 is 6.18 Å². The van der Waals surface area contributed by atoms with E-state index in [9.17, 15) is 23.1 Å². The number of pyridine rings is 1. The van der Waals surface area contributed by atoms with Gasteiger partial charge in [-0.2, -0.15) is 13.2 Å². The van der Waals surface area contributed by atoms with E-state index in [1.807, 2.05) is 6.07 Å². The Morgan fingerprint density at radius 3 is 2.62 bits per heavy atom. The lowest BCUT2D eigenvalue weighted by molar-refractivity contribution is -0.134. The molecule has 0 bridgehead atoms. The standard InChI is InChI=1S/C18H18F3N5O2S/c1-8(27)6-11-12-14(29-15(11)18(19,20)21)13(16(22)28)26-17(25-12)24-9(2)10-4-3-5-23-7-10/h3-5,7-9,27H,6H2,1-2H3,(H2,22,28)(H,24,25,26)/t8-,9-/m0/s1. The molecular formula is C18H18F3N5O2S. The maximum absolute atomic E-state index is 13.5. The van der Waals surface area contributed by atoms with E-state index in [1.165, 1.54) is 6.92 Å². The molecule has 1 amide bonds. The maximum Gasteiger partial charge on any atom is 0.425 e. The molecule has 0 radical (unpaired) electrons. The van der Waals surface area contributed by atoms with Crippen molar-refractivity contribution in [2.24, 2.45) is 5.73 Å². The van der Waals surface area contributed by atoms with Gasteiger partial charge in [-0.1, -0.05) is 6.07 Å². The molecule has 0 aliphatic carbocycles. The van der Waals surface area contributed by atoms with Crippen LogP contribution in [0.1, 0.15) is 46.4 Å². The normalized spacial score (nSPS) is 14.0. The number of fused-ring (bicyclic) bond motifs is 1. The molecule has 3 aromatic heterocycles. The van der Waals surface area contributed by atoms with Gasteiger partial charge < -0.3 is 16.2 Å². The van der Waals surface area contributed by atoms with Crippen molar-refractivity contribution >= 4 is 33.4 Å². The zero-order valence-corrected chi connectivity index (χ0v) is 16.3. The largest absolute Gasteiger partial charge is 0.425 e. The van der Waals surface area contributed by atoms with Gasteiger partial charge in [-0.15, -0.1) is 11.3 Å². The minimum Gasteiger partial charge on any atom is -0.393 e. The maximum atomic E-state index is 13.5. The Bertz CT molecular complexity index is 1040. The number of anilines is 1. The van der Waals surface area contributed by atoms with Gasteiger partial charge in [0.2, 0.25) is 5.95 Å². The van der Waals surface area contributed by atoms with Crippen molar-refractivity contribution in [3.63, 3.8) is 0 Å². The summed E-state index contributed by atoms with van der Waals surface area (Å²) in [6, 6.07) is 3.22. The predicted octanol–water partition coefficient (Wildman–Crippen LogP) is 3.30. The summed E-state index contributed by atoms with van der Waals surface area (Å²) in [5, 5.41) is 12.7. The molecule has 0 aromatic carbocycles. The smallest absolute Gasteiger partial charge is 0.393 e. The van der Waals surface area contributed by atoms with Crippen molar-refractivity contribution in [1.82, 2.24) is 15.0 Å². The molecule has 11 heteroatoms. The first-order valence-electron chi connectivity index (χ1n) is 8.62. The van der Waals surface area contributed by atoms with Gasteiger partial charge in [-0.25, -0.2) is 9.97 Å². The summed E-state index contributed by atoms with van der Waals surface area (Å²) < 4.78 is 40.6. The number of aromatic nitrogens is 3. The number of alkyl halides is 3. The Kier molecular flexibility index (Phi) is 5.71. The number of hydrogen-bond acceptors (Lipinski definition) is 7. The number of hydrogen-bond donors (Lipinski definition) is 3. The quantitative estimate of drug-likeness (QED) is 0.558. The molecule has 0 fully saturated rings. The molecule has 7 nitrogen and oxygen atoms in total. The molecule has 154 valence electrons. The Balaban J connectivity index is 2.16. The van der Waals surface area contributed by atoms with Crippen LogP contribution in [0.4, 0.5) is 19.1 Å². The minimum atomic E-state index is -4.67. The van der Waals surface area contributed by atoms with E-state index in [4.69, 9.17) is 5.73 Å². The van der Waals surface area contributed by atoms with E-state index in [-0.39, 0.29) is 39.9 Å². The Hall–Kier alpha value is -2.79. The second-order valence-electron chi connectivity index (χ2n) is 6.55. The van der Waals surface area contributed by atoms with Crippen molar-refractivity contribution in [2.75, 3.05) is 5.32 Å². The molecule has 3 heterocycles. The molecule has 4 N–H and O–H groups in total. The van der Waals surface area contributed by atoms with Crippen LogP contribution < -0.4 is 11.1 Å². The van der Waals surface area contributed by atoms with E-state index in [1.54, 1.807) is 25.4 Å². The number of carbonyl (C=O) groups is 1. The number of amides is 1. The minimum absolute atomic E-state index is 0.0407. The second kappa shape index (κ2) is 7.91. The number of thiophene rings is 1. The molecule has 0 aliphatic heterocycles. The number of nitrogens with zero attached hydrogens (tertiary/aromatic N) is 3. The van der Waals surface area contributed by atoms with Crippen LogP contribution in [0.5, 0.6) is 0 Å². The first-order chi connectivity index (χ1) is 13.6. The lowest BCUT2D eigenvalue weighted by Gasteiger charge is -2.15. The van der Waals surface area contributed by atoms with Crippen molar-refractivity contribution in [3.8, 4) is 0 Å². The number of aliphatic hydroxyl groups excluding tert-OH is 1. The van der Waals surface area contributed by atoms with E-state index in [0.717, 1.165) is 5.56 Å². The topological polar surface area (TPSA) is 114 Å². The molecule has 0 aliphatic rings. The average molecular weight is 425 g/mol. The van der Waals surface area contributed by atoms with Gasteiger partial charge in [0.1, 0.15) is 4.88 Å². The summed E-state index contributed by atoms with van der Waals surface area (Å²) in [7, 11) is 0. The summed E-state index contributed by atoms with van der Waals surface area (Å²) in [6.07, 6.45) is -2.75. The summed E-state index contributed by atoms with van der Waals surface area (Å²) in [4.78, 5) is 23.2. The molecular weight excluding hydrogens is 407 g/mol. The van der Waals surface area contributed by atoms with Crippen LogP contribution in [-0.2, 0) is 12.6 Å². The van der Waals surface area contributed by atoms with Crippen molar-refractivity contribution in [3.05, 3.63) is 46.2 Å². The zero-order chi connectivity index (χ0) is 21.3. The summed E-state index contributed by atoms with van der Waals surface area (Å²) in [6.45, 7) is 3.17. The molecule has 0 saturated carbocycles. The third-order valence-corrected chi connectivity index (χ3v) is 5.42. The van der Waals surface area contributed by atoms with E-state index in [2.05, 4.69) is 20.3 Å². The number of nitrogens with one attached hydrogen (secondary N) is 1. The van der Waals surface area contributed by atoms with Gasteiger partial charge in [0.15, 0.2) is 5.69 Å². The Labute approximate surface area is 167 Å². The second-order valence-corrected chi connectivity index (χ2v) is 7.57. The fourth-order valence-corrected chi connectivity index (χ4v) is 4.01. The van der Waals surface area contributed by atoms with Crippen LogP contribution in [0.25, 0.3) is 10.2 Å². The highest BCUT2D eigenvalue weighted by Crippen LogP contribution is 2.43. The summed E-state index contributed by atoms with van der Waals surface area (Å²) >= 11 is 0.352. The number of carbonyl (C=O) groups excluding carboxylic acids is 1. The third-order valence-electron chi connectivity index (χ3n) is 4.15. The summed E-state index contributed by atoms with van der Waals surface area (Å²) in [5.41, 5.74) is 5.63. The SMILES string of the molecule is C[C@H](O)Cc1c(C(F)(F)F)sc2c(C(N)=O)nc(N[C@@H](C)c3cccnc3)nc12. The van der Waals surface area contributed by atoms with Gasteiger partial charge in [-0.3, -0.25) is 9.78 Å². The number of primary amides is 1. The molecule has 29 heavy (non-hydrogen) atoms. The highest BCUT2D eigenvalue weighted by Gasteiger charge is 2.38. The van der Waals surface area contributed by atoms with Crippen LogP contribution >= 0.6 is 11.3 Å². The highest BCUT2D eigenvalue weighted by atomic mass is 32.1. The van der Waals surface area contributed by atoms with E-state index in [0.29, 0.717) is 11.3 Å². The highest BCUT2D eigenvalue weighted by molar-refractivity contribution is 7.19. The number of nitrogens with two attached hydrogens (primary N) is 1. The van der Waals surface area contributed by atoms with Crippen molar-refractivity contribution in [1.29, 1.82) is 0 Å². The monoisotopic (exact) mass is 425 g/mol. The van der Waals surface area contributed by atoms with E-state index >= 15 is 0 Å². The number of rotatable bonds is 6. The van der Waals surface area contributed by atoms with Crippen molar-refractivity contribution < 1.29 is 23.1 Å². The zero-order valence-electron chi connectivity index (χ0n) is 15.5. The van der Waals surface area contributed by atoms with E-state index < -0.39 is 23.1 Å². The predicted molar refractivity (Wildman–Crippen MR) is 103 cm³/mol. The Morgan fingerprint density at radius 2 is 2.07 bits per heavy atom. The van der Waals surface area contributed by atoms with Crippen LogP contribution in [0, 0.1) is 0 Å². The number of aliphatic hydroxyl groups is 1. The molecule has 0 saturated heterocycles. The lowest BCUT2D eigenvalue weighted by atomic mass is 10.1. The third kappa shape index (κ3) is 4.46. The average Bonchev–Trinajstić information content (AvgIpc) is 3.00. The molecule has 3 rings (SSSR count). The van der Waals surface area contributed by atoms with Crippen LogP contribution in [-0.4, -0.2) is 32.1 Å². The van der Waals surface area contributed by atoms with Gasteiger partial charge in [0, 0.05) is 24.4 Å². The molecule has 0 spiro atoms. The number of halogens is 3. The van der Waals surface area contributed by atoms with Crippen LogP contribution in [0.3, 0.4) is 0 Å². The van der Waals surface area contributed by atoms with Crippen molar-refractivity contribution in [2.45, 2.75) is 38.6 Å². The fraction of sp³-hybridized carbons (Fsp3) is 0.333. The van der Waals surface area contributed by atoms with Crippen LogP contribution in [0.15, 0.2) is 24.5 Å². The van der Waals surface area contributed by atoms with Gasteiger partial charge in [0.25, 0.3) is 5.91 Å². The Morgan fingerprint density at radius 1 is 1.34 bits per heavy atom. The van der Waals surface area contributed by atoms with Gasteiger partial charge in [-0.05, 0) is 25.5 Å². The molecule has 2 atom stereocenters. The molecule has 3 aromatic rings. The van der Waals surface area contributed by atoms with Gasteiger partial charge in [0.05, 0.1) is 22.4 Å². The lowest BCUT2D eigenvalue weighted by Crippen LogP contribution is -2.17.